The summed E-state index contributed by atoms with van der Waals surface area (Å²) >= 11 is 0. The third-order valence-corrected chi connectivity index (χ3v) is 3.85. The molecule has 8 heteroatoms. The van der Waals surface area contributed by atoms with Crippen LogP contribution in [0.2, 0.25) is 0 Å². The Kier molecular flexibility index (Phi) is 7.48. The molecule has 0 spiro atoms. The number of aromatic nitrogens is 3. The molecule has 0 aliphatic heterocycles. The van der Waals surface area contributed by atoms with Crippen LogP contribution in [0, 0.1) is 5.92 Å². The molecule has 0 bridgehead atoms. The van der Waals surface area contributed by atoms with Crippen molar-refractivity contribution in [2.45, 2.75) is 31.7 Å². The highest BCUT2D eigenvalue weighted by Crippen LogP contribution is 2.25. The van der Waals surface area contributed by atoms with Crippen molar-refractivity contribution in [1.82, 2.24) is 14.8 Å². The smallest absolute Gasteiger partial charge is 0.227 e. The van der Waals surface area contributed by atoms with E-state index in [-0.39, 0.29) is 42.7 Å². The first-order chi connectivity index (χ1) is 10.2. The minimum Gasteiger partial charge on any atom is -0.328 e. The van der Waals surface area contributed by atoms with Crippen molar-refractivity contribution in [2.75, 3.05) is 5.32 Å². The first-order valence-electron chi connectivity index (χ1n) is 7.25. The van der Waals surface area contributed by atoms with Gasteiger partial charge in [-0.05, 0) is 37.5 Å². The summed E-state index contributed by atoms with van der Waals surface area (Å²) in [4.78, 5) is 16.7. The third-order valence-electron chi connectivity index (χ3n) is 3.85. The van der Waals surface area contributed by atoms with E-state index in [1.54, 1.807) is 29.3 Å². The maximum atomic E-state index is 12.4. The minimum atomic E-state index is -0.0144. The van der Waals surface area contributed by atoms with Crippen LogP contribution in [-0.2, 0) is 4.79 Å². The third kappa shape index (κ3) is 4.67. The van der Waals surface area contributed by atoms with E-state index in [4.69, 9.17) is 5.73 Å². The zero-order valence-electron chi connectivity index (χ0n) is 12.6. The highest BCUT2D eigenvalue weighted by atomic mass is 35.5. The molecule has 3 N–H and O–H groups in total. The number of nitrogens with one attached hydrogen (secondary N) is 1. The number of pyridine rings is 1. The average Bonchev–Trinajstić information content (AvgIpc) is 3.02. The number of carbonyl (C=O) groups excluding carboxylic acids is 1. The number of nitrogens with two attached hydrogens (primary N) is 1. The molecule has 1 fully saturated rings. The maximum Gasteiger partial charge on any atom is 0.227 e. The standard InChI is InChI=1S/C15H19N5O.2ClH/c16-12-5-1-4-11(10-12)15(21)19-13-6-2-7-17-14(13)20-9-3-8-18-20;;/h2-3,6-9,11-12H,1,4-5,10,16H2,(H,19,21);2*1H. The summed E-state index contributed by atoms with van der Waals surface area (Å²) in [5.74, 6) is 0.627. The Bertz CT molecular complexity index is 620. The molecule has 1 aliphatic rings. The Morgan fingerprint density at radius 1 is 1.26 bits per heavy atom. The summed E-state index contributed by atoms with van der Waals surface area (Å²) in [6, 6.07) is 5.59. The van der Waals surface area contributed by atoms with Gasteiger partial charge >= 0.3 is 0 Å². The van der Waals surface area contributed by atoms with Gasteiger partial charge in [0.2, 0.25) is 5.91 Å². The number of amides is 1. The molecular formula is C15H21Cl2N5O. The molecule has 23 heavy (non-hydrogen) atoms. The van der Waals surface area contributed by atoms with Crippen molar-refractivity contribution in [1.29, 1.82) is 0 Å². The van der Waals surface area contributed by atoms with Crippen LogP contribution < -0.4 is 11.1 Å². The van der Waals surface area contributed by atoms with Crippen LogP contribution in [0.1, 0.15) is 25.7 Å². The van der Waals surface area contributed by atoms with Crippen molar-refractivity contribution in [3.63, 3.8) is 0 Å². The summed E-state index contributed by atoms with van der Waals surface area (Å²) < 4.78 is 1.64. The van der Waals surface area contributed by atoms with Crippen molar-refractivity contribution >= 4 is 36.4 Å². The Morgan fingerprint density at radius 3 is 2.78 bits per heavy atom. The number of halogens is 2. The number of hydrogen-bond acceptors (Lipinski definition) is 4. The van der Waals surface area contributed by atoms with E-state index in [2.05, 4.69) is 15.4 Å². The van der Waals surface area contributed by atoms with E-state index >= 15 is 0 Å². The second-order valence-electron chi connectivity index (χ2n) is 5.44. The summed E-state index contributed by atoms with van der Waals surface area (Å²) in [6.45, 7) is 0. The second-order valence-corrected chi connectivity index (χ2v) is 5.44. The molecule has 0 saturated heterocycles. The van der Waals surface area contributed by atoms with E-state index in [0.29, 0.717) is 11.5 Å². The Labute approximate surface area is 147 Å². The molecule has 2 atom stereocenters. The van der Waals surface area contributed by atoms with Gasteiger partial charge in [0.05, 0.1) is 5.69 Å². The van der Waals surface area contributed by atoms with Gasteiger partial charge in [-0.2, -0.15) is 5.10 Å². The first-order valence-corrected chi connectivity index (χ1v) is 7.25. The zero-order chi connectivity index (χ0) is 14.7. The van der Waals surface area contributed by atoms with Crippen LogP contribution in [-0.4, -0.2) is 26.7 Å². The number of hydrogen-bond donors (Lipinski definition) is 2. The van der Waals surface area contributed by atoms with E-state index < -0.39 is 0 Å². The topological polar surface area (TPSA) is 85.8 Å². The first kappa shape index (κ1) is 19.4. The second kappa shape index (κ2) is 8.86. The molecule has 3 rings (SSSR count). The quantitative estimate of drug-likeness (QED) is 0.883. The molecule has 6 nitrogen and oxygen atoms in total. The number of carbonyl (C=O) groups is 1. The van der Waals surface area contributed by atoms with Crippen molar-refractivity contribution in [3.8, 4) is 5.82 Å². The predicted octanol–water partition coefficient (Wildman–Crippen LogP) is 2.57. The summed E-state index contributed by atoms with van der Waals surface area (Å²) in [6.07, 6.45) is 8.84. The van der Waals surface area contributed by atoms with Crippen LogP contribution in [0.5, 0.6) is 0 Å². The predicted molar refractivity (Wildman–Crippen MR) is 94.4 cm³/mol. The molecule has 2 heterocycles. The Morgan fingerprint density at radius 2 is 2.09 bits per heavy atom. The molecule has 1 aliphatic carbocycles. The van der Waals surface area contributed by atoms with Crippen LogP contribution in [0.25, 0.3) is 5.82 Å². The van der Waals surface area contributed by atoms with Gasteiger partial charge in [0.25, 0.3) is 0 Å². The average molecular weight is 358 g/mol. The lowest BCUT2D eigenvalue weighted by atomic mass is 9.85. The molecule has 1 saturated carbocycles. The van der Waals surface area contributed by atoms with Crippen LogP contribution >= 0.6 is 24.8 Å². The van der Waals surface area contributed by atoms with Gasteiger partial charge in [0.1, 0.15) is 0 Å². The van der Waals surface area contributed by atoms with E-state index in [1.165, 1.54) is 0 Å². The molecule has 1 amide bonds. The van der Waals surface area contributed by atoms with Gasteiger partial charge in [0.15, 0.2) is 5.82 Å². The van der Waals surface area contributed by atoms with Crippen molar-refractivity contribution in [2.24, 2.45) is 11.7 Å². The van der Waals surface area contributed by atoms with Crippen LogP contribution in [0.4, 0.5) is 5.69 Å². The number of rotatable bonds is 3. The van der Waals surface area contributed by atoms with Crippen LogP contribution in [0.15, 0.2) is 36.8 Å². The van der Waals surface area contributed by atoms with Crippen LogP contribution in [0.3, 0.4) is 0 Å². The summed E-state index contributed by atoms with van der Waals surface area (Å²) in [7, 11) is 0. The van der Waals surface area contributed by atoms with E-state index in [0.717, 1.165) is 25.7 Å². The summed E-state index contributed by atoms with van der Waals surface area (Å²) in [5.41, 5.74) is 6.63. The minimum absolute atomic E-state index is 0. The lowest BCUT2D eigenvalue weighted by Gasteiger charge is -2.25. The van der Waals surface area contributed by atoms with Gasteiger partial charge in [-0.3, -0.25) is 4.79 Å². The largest absolute Gasteiger partial charge is 0.328 e. The number of nitrogens with zero attached hydrogens (tertiary/aromatic N) is 3. The molecule has 2 aromatic heterocycles. The molecule has 2 aromatic rings. The lowest BCUT2D eigenvalue weighted by Crippen LogP contribution is -2.34. The zero-order valence-corrected chi connectivity index (χ0v) is 14.2. The normalized spacial score (nSPS) is 20.0. The monoisotopic (exact) mass is 357 g/mol. The highest BCUT2D eigenvalue weighted by Gasteiger charge is 2.26. The Balaban J connectivity index is 0.00000132. The SMILES string of the molecule is Cl.Cl.NC1CCCC(C(=O)Nc2cccnc2-n2cccn2)C1. The van der Waals surface area contributed by atoms with Gasteiger partial charge in [0, 0.05) is 30.6 Å². The Hall–Kier alpha value is -1.63. The fourth-order valence-corrected chi connectivity index (χ4v) is 2.77. The van der Waals surface area contributed by atoms with Gasteiger partial charge in [-0.15, -0.1) is 24.8 Å². The van der Waals surface area contributed by atoms with Crippen molar-refractivity contribution < 1.29 is 4.79 Å². The van der Waals surface area contributed by atoms with E-state index in [1.807, 2.05) is 12.1 Å². The summed E-state index contributed by atoms with van der Waals surface area (Å²) in [5, 5.41) is 7.13. The fraction of sp³-hybridized carbons (Fsp3) is 0.400. The van der Waals surface area contributed by atoms with E-state index in [9.17, 15) is 4.79 Å². The molecule has 0 radical (unpaired) electrons. The van der Waals surface area contributed by atoms with Gasteiger partial charge < -0.3 is 11.1 Å². The fourth-order valence-electron chi connectivity index (χ4n) is 2.77. The van der Waals surface area contributed by atoms with Gasteiger partial charge in [-0.1, -0.05) is 6.42 Å². The maximum absolute atomic E-state index is 12.4. The molecule has 126 valence electrons. The molecule has 2 unspecified atom stereocenters. The molecular weight excluding hydrogens is 337 g/mol. The van der Waals surface area contributed by atoms with Gasteiger partial charge in [-0.25, -0.2) is 9.67 Å². The molecule has 0 aromatic carbocycles. The number of anilines is 1. The van der Waals surface area contributed by atoms with Crippen molar-refractivity contribution in [3.05, 3.63) is 36.8 Å². The highest BCUT2D eigenvalue weighted by molar-refractivity contribution is 5.94. The lowest BCUT2D eigenvalue weighted by molar-refractivity contribution is -0.120.